The molecule has 2 aromatic carbocycles. The Kier molecular flexibility index (Phi) is 7.09. The van der Waals surface area contributed by atoms with E-state index in [-0.39, 0.29) is 23.4 Å². The van der Waals surface area contributed by atoms with Crippen molar-refractivity contribution in [3.8, 4) is 0 Å². The van der Waals surface area contributed by atoms with Crippen molar-refractivity contribution in [2.75, 3.05) is 0 Å². The Hall–Kier alpha value is -2.09. The van der Waals surface area contributed by atoms with E-state index >= 15 is 0 Å². The average molecular weight is 381 g/mol. The topological polar surface area (TPSA) is 26.3 Å². The van der Waals surface area contributed by atoms with Crippen LogP contribution >= 0.6 is 0 Å². The number of ether oxygens (including phenoxy) is 1. The largest absolute Gasteiger partial charge is 0.458 e. The van der Waals surface area contributed by atoms with Gasteiger partial charge in [0.2, 0.25) is 0 Å². The first-order valence-corrected chi connectivity index (χ1v) is 10.4. The van der Waals surface area contributed by atoms with E-state index < -0.39 is 0 Å². The van der Waals surface area contributed by atoms with Gasteiger partial charge in [0, 0.05) is 5.56 Å². The van der Waals surface area contributed by atoms with E-state index in [1.807, 2.05) is 26.0 Å². The lowest BCUT2D eigenvalue weighted by Crippen LogP contribution is -2.32. The molecule has 0 radical (unpaired) electrons. The summed E-state index contributed by atoms with van der Waals surface area (Å²) >= 11 is 0. The number of aryl methyl sites for hydroxylation is 1. The zero-order valence-corrected chi connectivity index (χ0v) is 18.8. The van der Waals surface area contributed by atoms with Crippen molar-refractivity contribution < 1.29 is 9.53 Å². The van der Waals surface area contributed by atoms with E-state index in [4.69, 9.17) is 4.74 Å². The number of esters is 1. The molecule has 2 aromatic rings. The second-order valence-corrected chi connectivity index (χ2v) is 9.37. The summed E-state index contributed by atoms with van der Waals surface area (Å²) in [6.45, 7) is 16.8. The molecule has 28 heavy (non-hydrogen) atoms. The normalized spacial score (nSPS) is 14.6. The molecule has 2 nitrogen and oxygen atoms in total. The third-order valence-electron chi connectivity index (χ3n) is 5.41. The van der Waals surface area contributed by atoms with E-state index in [0.717, 1.165) is 22.9 Å². The molecule has 2 unspecified atom stereocenters. The van der Waals surface area contributed by atoms with Crippen molar-refractivity contribution in [3.05, 3.63) is 53.1 Å². The summed E-state index contributed by atoms with van der Waals surface area (Å²) in [7, 11) is 0. The quantitative estimate of drug-likeness (QED) is 0.485. The molecule has 0 aliphatic heterocycles. The number of benzene rings is 2. The molecule has 2 atom stereocenters. The second-order valence-electron chi connectivity index (χ2n) is 9.37. The highest BCUT2D eigenvalue weighted by Gasteiger charge is 2.34. The van der Waals surface area contributed by atoms with Crippen molar-refractivity contribution in [3.63, 3.8) is 0 Å². The van der Waals surface area contributed by atoms with Gasteiger partial charge in [-0.15, -0.1) is 0 Å². The van der Waals surface area contributed by atoms with Crippen LogP contribution < -0.4 is 0 Å². The summed E-state index contributed by atoms with van der Waals surface area (Å²) < 4.78 is 6.10. The summed E-state index contributed by atoms with van der Waals surface area (Å²) in [6, 6.07) is 10.6. The van der Waals surface area contributed by atoms with Gasteiger partial charge in [0.05, 0.1) is 5.92 Å². The van der Waals surface area contributed by atoms with Crippen molar-refractivity contribution in [1.29, 1.82) is 0 Å². The number of carbonyl (C=O) groups excluding carboxylic acids is 1. The average Bonchev–Trinajstić information content (AvgIpc) is 2.59. The highest BCUT2D eigenvalue weighted by molar-refractivity contribution is 5.90. The maximum Gasteiger partial charge on any atom is 0.310 e. The standard InChI is InChI=1S/C26H36O2/c1-9-12-21-18(4)16-20-13-10-11-14-22(20)24(21)19(5)28-25(27)23(15-17(2)3)26(6,7)8/h9-14,16-17,19,23H,15H2,1-8H3/b12-9-. The van der Waals surface area contributed by atoms with Crippen molar-refractivity contribution in [2.24, 2.45) is 17.3 Å². The Bertz CT molecular complexity index is 853. The Labute approximate surface area is 171 Å². The SMILES string of the molecule is C/C=C\c1c(C)cc2ccccc2c1C(C)OC(=O)C(CC(C)C)C(C)(C)C. The maximum atomic E-state index is 13.2. The lowest BCUT2D eigenvalue weighted by atomic mass is 9.76. The van der Waals surface area contributed by atoms with Crippen LogP contribution in [0.5, 0.6) is 0 Å². The predicted molar refractivity (Wildman–Crippen MR) is 120 cm³/mol. The molecule has 0 heterocycles. The molecule has 0 aromatic heterocycles. The van der Waals surface area contributed by atoms with Crippen LogP contribution in [0.4, 0.5) is 0 Å². The fraction of sp³-hybridized carbons (Fsp3) is 0.500. The zero-order valence-electron chi connectivity index (χ0n) is 18.8. The van der Waals surface area contributed by atoms with E-state index in [1.54, 1.807) is 0 Å². The molecule has 0 saturated heterocycles. The Morgan fingerprint density at radius 2 is 1.79 bits per heavy atom. The molecule has 0 bridgehead atoms. The number of fused-ring (bicyclic) bond motifs is 1. The Balaban J connectivity index is 2.48. The van der Waals surface area contributed by atoms with Crippen LogP contribution in [0.25, 0.3) is 16.8 Å². The molecule has 2 heteroatoms. The zero-order chi connectivity index (χ0) is 21.1. The minimum atomic E-state index is -0.305. The van der Waals surface area contributed by atoms with E-state index in [9.17, 15) is 4.79 Å². The van der Waals surface area contributed by atoms with Crippen molar-refractivity contribution >= 4 is 22.8 Å². The minimum Gasteiger partial charge on any atom is -0.458 e. The minimum absolute atomic E-state index is 0.0919. The first-order valence-electron chi connectivity index (χ1n) is 10.4. The van der Waals surface area contributed by atoms with Crippen LogP contribution in [0.3, 0.4) is 0 Å². The molecular weight excluding hydrogens is 344 g/mol. The fourth-order valence-corrected chi connectivity index (χ4v) is 3.95. The molecular formula is C26H36O2. The first-order chi connectivity index (χ1) is 13.1. The van der Waals surface area contributed by atoms with Crippen LogP contribution in [0.1, 0.15) is 77.7 Å². The fourth-order valence-electron chi connectivity index (χ4n) is 3.95. The molecule has 0 fully saturated rings. The van der Waals surface area contributed by atoms with Gasteiger partial charge in [0.25, 0.3) is 0 Å². The highest BCUT2D eigenvalue weighted by atomic mass is 16.5. The van der Waals surface area contributed by atoms with Crippen LogP contribution in [0.2, 0.25) is 0 Å². The van der Waals surface area contributed by atoms with Gasteiger partial charge >= 0.3 is 5.97 Å². The second kappa shape index (κ2) is 8.94. The molecule has 0 aliphatic rings. The van der Waals surface area contributed by atoms with Gasteiger partial charge in [-0.05, 0) is 60.4 Å². The molecule has 0 saturated carbocycles. The smallest absolute Gasteiger partial charge is 0.310 e. The van der Waals surface area contributed by atoms with Gasteiger partial charge < -0.3 is 4.74 Å². The van der Waals surface area contributed by atoms with E-state index in [2.05, 4.69) is 71.9 Å². The number of allylic oxidation sites excluding steroid dienone is 1. The number of hydrogen-bond acceptors (Lipinski definition) is 2. The van der Waals surface area contributed by atoms with Gasteiger partial charge in [-0.1, -0.05) is 77.1 Å². The van der Waals surface area contributed by atoms with Gasteiger partial charge in [-0.3, -0.25) is 4.79 Å². The summed E-state index contributed by atoms with van der Waals surface area (Å²) in [5.74, 6) is 0.243. The lowest BCUT2D eigenvalue weighted by Gasteiger charge is -2.31. The van der Waals surface area contributed by atoms with Gasteiger partial charge in [-0.25, -0.2) is 0 Å². The Morgan fingerprint density at radius 3 is 2.36 bits per heavy atom. The summed E-state index contributed by atoms with van der Waals surface area (Å²) in [5.41, 5.74) is 3.32. The highest BCUT2D eigenvalue weighted by Crippen LogP contribution is 2.37. The third-order valence-corrected chi connectivity index (χ3v) is 5.41. The number of carbonyl (C=O) groups is 1. The number of hydrogen-bond donors (Lipinski definition) is 0. The van der Waals surface area contributed by atoms with Crippen LogP contribution in [0, 0.1) is 24.2 Å². The van der Waals surface area contributed by atoms with Crippen LogP contribution in [0.15, 0.2) is 36.4 Å². The molecule has 0 aliphatic carbocycles. The van der Waals surface area contributed by atoms with Crippen molar-refractivity contribution in [1.82, 2.24) is 0 Å². The van der Waals surface area contributed by atoms with Crippen molar-refractivity contribution in [2.45, 2.75) is 67.9 Å². The first kappa shape index (κ1) is 22.2. The molecule has 152 valence electrons. The molecule has 2 rings (SSSR count). The number of rotatable bonds is 6. The van der Waals surface area contributed by atoms with Crippen LogP contribution in [-0.2, 0) is 9.53 Å². The third kappa shape index (κ3) is 5.04. The summed E-state index contributed by atoms with van der Waals surface area (Å²) in [5, 5.41) is 2.33. The monoisotopic (exact) mass is 380 g/mol. The Morgan fingerprint density at radius 1 is 1.14 bits per heavy atom. The molecule has 0 amide bonds. The summed E-state index contributed by atoms with van der Waals surface area (Å²) in [4.78, 5) is 13.2. The molecule has 0 spiro atoms. The maximum absolute atomic E-state index is 13.2. The lowest BCUT2D eigenvalue weighted by molar-refractivity contribution is -0.158. The van der Waals surface area contributed by atoms with E-state index in [1.165, 1.54) is 10.9 Å². The predicted octanol–water partition coefficient (Wildman–Crippen LogP) is 7.49. The molecule has 0 N–H and O–H groups in total. The summed E-state index contributed by atoms with van der Waals surface area (Å²) in [6.07, 6.45) is 4.70. The van der Waals surface area contributed by atoms with Gasteiger partial charge in [-0.2, -0.15) is 0 Å². The van der Waals surface area contributed by atoms with E-state index in [0.29, 0.717) is 5.92 Å². The van der Waals surface area contributed by atoms with Gasteiger partial charge in [0.15, 0.2) is 0 Å². The van der Waals surface area contributed by atoms with Crippen LogP contribution in [-0.4, -0.2) is 5.97 Å². The van der Waals surface area contributed by atoms with Gasteiger partial charge in [0.1, 0.15) is 6.10 Å².